The van der Waals surface area contributed by atoms with E-state index in [2.05, 4.69) is 20.5 Å². The van der Waals surface area contributed by atoms with E-state index in [4.69, 9.17) is 4.42 Å². The lowest BCUT2D eigenvalue weighted by Crippen LogP contribution is -1.98. The molecule has 3 aromatic heterocycles. The van der Waals surface area contributed by atoms with E-state index in [1.165, 1.54) is 0 Å². The lowest BCUT2D eigenvalue weighted by Gasteiger charge is -2.04. The molecule has 0 spiro atoms. The Balaban J connectivity index is 1.86. The zero-order chi connectivity index (χ0) is 10.8. The van der Waals surface area contributed by atoms with Gasteiger partial charge in [0.2, 0.25) is 0 Å². The molecule has 5 heteroatoms. The highest BCUT2D eigenvalue weighted by Crippen LogP contribution is 2.19. The molecule has 0 saturated carbocycles. The number of furan rings is 1. The van der Waals surface area contributed by atoms with Gasteiger partial charge in [-0.3, -0.25) is 5.10 Å². The van der Waals surface area contributed by atoms with Crippen LogP contribution in [-0.4, -0.2) is 15.2 Å². The van der Waals surface area contributed by atoms with Crippen LogP contribution in [0.15, 0.2) is 41.3 Å². The van der Waals surface area contributed by atoms with E-state index in [-0.39, 0.29) is 0 Å². The van der Waals surface area contributed by atoms with Crippen molar-refractivity contribution >= 4 is 16.7 Å². The Morgan fingerprint density at radius 1 is 1.38 bits per heavy atom. The molecule has 0 radical (unpaired) electrons. The summed E-state index contributed by atoms with van der Waals surface area (Å²) in [5, 5.41) is 11.0. The van der Waals surface area contributed by atoms with Gasteiger partial charge in [-0.1, -0.05) is 0 Å². The standard InChI is InChI=1S/C11H10N4O/c1-2-8(16-5-1)6-13-10-3-4-12-11-9(10)7-14-15-11/h1-5,7H,6H2,(H2,12,13,14,15). The fraction of sp³-hybridized carbons (Fsp3) is 0.0909. The molecule has 3 heterocycles. The smallest absolute Gasteiger partial charge is 0.157 e. The van der Waals surface area contributed by atoms with Crippen LogP contribution in [0.2, 0.25) is 0 Å². The van der Waals surface area contributed by atoms with Crippen molar-refractivity contribution in [3.05, 3.63) is 42.6 Å². The summed E-state index contributed by atoms with van der Waals surface area (Å²) in [6.07, 6.45) is 5.16. The minimum atomic E-state index is 0.650. The van der Waals surface area contributed by atoms with Gasteiger partial charge < -0.3 is 9.73 Å². The highest BCUT2D eigenvalue weighted by Gasteiger charge is 2.03. The van der Waals surface area contributed by atoms with Gasteiger partial charge in [-0.2, -0.15) is 5.10 Å². The molecule has 0 fully saturated rings. The quantitative estimate of drug-likeness (QED) is 0.701. The summed E-state index contributed by atoms with van der Waals surface area (Å²) in [5.41, 5.74) is 1.78. The van der Waals surface area contributed by atoms with Gasteiger partial charge in [0.1, 0.15) is 5.76 Å². The monoisotopic (exact) mass is 214 g/mol. The maximum absolute atomic E-state index is 5.25. The van der Waals surface area contributed by atoms with E-state index < -0.39 is 0 Å². The van der Waals surface area contributed by atoms with Gasteiger partial charge >= 0.3 is 0 Å². The Morgan fingerprint density at radius 2 is 2.38 bits per heavy atom. The fourth-order valence-electron chi connectivity index (χ4n) is 1.60. The number of nitrogens with one attached hydrogen (secondary N) is 2. The number of rotatable bonds is 3. The molecule has 2 N–H and O–H groups in total. The number of hydrogen-bond acceptors (Lipinski definition) is 4. The lowest BCUT2D eigenvalue weighted by molar-refractivity contribution is 0.518. The molecule has 3 aromatic rings. The van der Waals surface area contributed by atoms with Crippen molar-refractivity contribution in [2.24, 2.45) is 0 Å². The first-order chi connectivity index (χ1) is 7.93. The van der Waals surface area contributed by atoms with Crippen molar-refractivity contribution in [2.45, 2.75) is 6.54 Å². The Labute approximate surface area is 91.5 Å². The van der Waals surface area contributed by atoms with Gasteiger partial charge in [0.25, 0.3) is 0 Å². The zero-order valence-electron chi connectivity index (χ0n) is 8.47. The summed E-state index contributed by atoms with van der Waals surface area (Å²) >= 11 is 0. The number of pyridine rings is 1. The zero-order valence-corrected chi connectivity index (χ0v) is 8.47. The molecule has 5 nitrogen and oxygen atoms in total. The summed E-state index contributed by atoms with van der Waals surface area (Å²) in [6, 6.07) is 5.72. The van der Waals surface area contributed by atoms with Crippen LogP contribution in [0.3, 0.4) is 0 Å². The van der Waals surface area contributed by atoms with Gasteiger partial charge in [-0.15, -0.1) is 0 Å². The number of hydrogen-bond donors (Lipinski definition) is 2. The van der Waals surface area contributed by atoms with Crippen molar-refractivity contribution in [1.82, 2.24) is 15.2 Å². The van der Waals surface area contributed by atoms with Gasteiger partial charge in [0.15, 0.2) is 5.65 Å². The predicted octanol–water partition coefficient (Wildman–Crippen LogP) is 2.16. The van der Waals surface area contributed by atoms with Gasteiger partial charge in [-0.25, -0.2) is 4.98 Å². The average molecular weight is 214 g/mol. The predicted molar refractivity (Wildman–Crippen MR) is 59.9 cm³/mol. The molecule has 0 unspecified atom stereocenters. The molecule has 0 bridgehead atoms. The molecule has 0 aromatic carbocycles. The normalized spacial score (nSPS) is 10.8. The second-order valence-electron chi connectivity index (χ2n) is 3.42. The van der Waals surface area contributed by atoms with Crippen LogP contribution in [0.5, 0.6) is 0 Å². The molecule has 0 atom stereocenters. The number of aromatic nitrogens is 3. The molecule has 0 aliphatic rings. The van der Waals surface area contributed by atoms with Crippen molar-refractivity contribution in [1.29, 1.82) is 0 Å². The Bertz CT molecular complexity index is 585. The van der Waals surface area contributed by atoms with Crippen LogP contribution in [-0.2, 0) is 6.54 Å². The summed E-state index contributed by atoms with van der Waals surface area (Å²) in [6.45, 7) is 0.650. The van der Waals surface area contributed by atoms with Crippen LogP contribution in [0.4, 0.5) is 5.69 Å². The maximum Gasteiger partial charge on any atom is 0.157 e. The van der Waals surface area contributed by atoms with Crippen LogP contribution in [0.25, 0.3) is 11.0 Å². The summed E-state index contributed by atoms with van der Waals surface area (Å²) in [5.74, 6) is 0.897. The van der Waals surface area contributed by atoms with Crippen LogP contribution in [0.1, 0.15) is 5.76 Å². The summed E-state index contributed by atoms with van der Waals surface area (Å²) < 4.78 is 5.25. The summed E-state index contributed by atoms with van der Waals surface area (Å²) in [4.78, 5) is 4.17. The first kappa shape index (κ1) is 8.96. The van der Waals surface area contributed by atoms with E-state index in [9.17, 15) is 0 Å². The topological polar surface area (TPSA) is 66.7 Å². The second-order valence-corrected chi connectivity index (χ2v) is 3.42. The number of H-pyrrole nitrogens is 1. The van der Waals surface area contributed by atoms with Crippen molar-refractivity contribution < 1.29 is 4.42 Å². The molecule has 0 aliphatic carbocycles. The third-order valence-electron chi connectivity index (χ3n) is 2.39. The molecule has 16 heavy (non-hydrogen) atoms. The molecular weight excluding hydrogens is 204 g/mol. The van der Waals surface area contributed by atoms with Crippen molar-refractivity contribution in [3.8, 4) is 0 Å². The third-order valence-corrected chi connectivity index (χ3v) is 2.39. The molecule has 80 valence electrons. The van der Waals surface area contributed by atoms with Crippen LogP contribution < -0.4 is 5.32 Å². The number of fused-ring (bicyclic) bond motifs is 1. The average Bonchev–Trinajstić information content (AvgIpc) is 2.97. The minimum Gasteiger partial charge on any atom is -0.467 e. The first-order valence-corrected chi connectivity index (χ1v) is 4.98. The number of anilines is 1. The van der Waals surface area contributed by atoms with Gasteiger partial charge in [0.05, 0.1) is 24.4 Å². The Kier molecular flexibility index (Phi) is 2.07. The highest BCUT2D eigenvalue weighted by molar-refractivity contribution is 5.87. The Hall–Kier alpha value is -2.30. The van der Waals surface area contributed by atoms with Crippen molar-refractivity contribution in [3.63, 3.8) is 0 Å². The summed E-state index contributed by atoms with van der Waals surface area (Å²) in [7, 11) is 0. The first-order valence-electron chi connectivity index (χ1n) is 4.98. The SMILES string of the molecule is c1coc(CNc2ccnc3[nH]ncc23)c1. The van der Waals surface area contributed by atoms with E-state index in [1.807, 2.05) is 18.2 Å². The minimum absolute atomic E-state index is 0.650. The lowest BCUT2D eigenvalue weighted by atomic mass is 10.3. The number of aromatic amines is 1. The number of nitrogens with zero attached hydrogens (tertiary/aromatic N) is 2. The molecule has 0 saturated heterocycles. The maximum atomic E-state index is 5.25. The van der Waals surface area contributed by atoms with E-state index in [0.29, 0.717) is 6.54 Å². The third kappa shape index (κ3) is 1.52. The van der Waals surface area contributed by atoms with E-state index in [1.54, 1.807) is 18.7 Å². The van der Waals surface area contributed by atoms with Crippen LogP contribution >= 0.6 is 0 Å². The van der Waals surface area contributed by atoms with Gasteiger partial charge in [-0.05, 0) is 18.2 Å². The largest absolute Gasteiger partial charge is 0.467 e. The van der Waals surface area contributed by atoms with E-state index in [0.717, 1.165) is 22.5 Å². The molecular formula is C11H10N4O. The fourth-order valence-corrected chi connectivity index (χ4v) is 1.60. The Morgan fingerprint density at radius 3 is 3.25 bits per heavy atom. The van der Waals surface area contributed by atoms with E-state index >= 15 is 0 Å². The highest BCUT2D eigenvalue weighted by atomic mass is 16.3. The molecule has 0 amide bonds. The molecule has 3 rings (SSSR count). The van der Waals surface area contributed by atoms with Crippen molar-refractivity contribution in [2.75, 3.05) is 5.32 Å². The molecule has 0 aliphatic heterocycles. The second kappa shape index (κ2) is 3.69. The van der Waals surface area contributed by atoms with Crippen LogP contribution in [0, 0.1) is 0 Å². The van der Waals surface area contributed by atoms with Gasteiger partial charge in [0, 0.05) is 11.9 Å².